The number of esters is 1. The molecule has 0 aromatic rings. The van der Waals surface area contributed by atoms with Crippen LogP contribution in [0.1, 0.15) is 39.0 Å². The maximum Gasteiger partial charge on any atom is 0.330 e. The van der Waals surface area contributed by atoms with E-state index in [0.717, 1.165) is 25.7 Å². The number of allylic oxidation sites excluding steroid dienone is 2. The molecule has 5 atom stereocenters. The molecule has 0 aromatic heterocycles. The SMILES string of the molecule is CO[C@@H]1/C=C/C(=O)O[C@@H](C)CCC/C=C\[C@@H]2C[C@H](O)C[C@H]21. The van der Waals surface area contributed by atoms with E-state index in [1.807, 2.05) is 6.92 Å². The van der Waals surface area contributed by atoms with Gasteiger partial charge in [-0.15, -0.1) is 0 Å². The number of ether oxygens (including phenoxy) is 2. The molecule has 21 heavy (non-hydrogen) atoms. The molecule has 1 saturated carbocycles. The van der Waals surface area contributed by atoms with Crippen molar-refractivity contribution in [2.75, 3.05) is 7.11 Å². The largest absolute Gasteiger partial charge is 0.460 e. The third-order valence-electron chi connectivity index (χ3n) is 4.44. The Morgan fingerprint density at radius 3 is 2.90 bits per heavy atom. The molecular formula is C17H26O4. The predicted octanol–water partition coefficient (Wildman–Crippen LogP) is 2.62. The monoisotopic (exact) mass is 294 g/mol. The zero-order valence-electron chi connectivity index (χ0n) is 12.9. The van der Waals surface area contributed by atoms with Crippen LogP contribution in [0, 0.1) is 11.8 Å². The Morgan fingerprint density at radius 2 is 2.14 bits per heavy atom. The summed E-state index contributed by atoms with van der Waals surface area (Å²) >= 11 is 0. The molecular weight excluding hydrogens is 268 g/mol. The highest BCUT2D eigenvalue weighted by Gasteiger charge is 2.36. The molecule has 0 radical (unpaired) electrons. The van der Waals surface area contributed by atoms with Crippen LogP contribution in [0.4, 0.5) is 0 Å². The molecule has 2 aliphatic rings. The van der Waals surface area contributed by atoms with Gasteiger partial charge < -0.3 is 14.6 Å². The lowest BCUT2D eigenvalue weighted by atomic mass is 9.89. The van der Waals surface area contributed by atoms with Crippen LogP contribution in [0.25, 0.3) is 0 Å². The number of fused-ring (bicyclic) bond motifs is 1. The Hall–Kier alpha value is -1.13. The van der Waals surface area contributed by atoms with Crippen LogP contribution in [-0.2, 0) is 14.3 Å². The first-order valence-electron chi connectivity index (χ1n) is 7.86. The van der Waals surface area contributed by atoms with Crippen molar-refractivity contribution in [3.63, 3.8) is 0 Å². The fraction of sp³-hybridized carbons (Fsp3) is 0.706. The van der Waals surface area contributed by atoms with Crippen molar-refractivity contribution in [3.8, 4) is 0 Å². The van der Waals surface area contributed by atoms with Crippen LogP contribution in [-0.4, -0.2) is 36.5 Å². The average molecular weight is 294 g/mol. The van der Waals surface area contributed by atoms with E-state index in [2.05, 4.69) is 12.2 Å². The lowest BCUT2D eigenvalue weighted by Gasteiger charge is -2.23. The quantitative estimate of drug-likeness (QED) is 0.596. The van der Waals surface area contributed by atoms with Crippen LogP contribution in [0.15, 0.2) is 24.3 Å². The molecule has 0 bridgehead atoms. The minimum absolute atomic E-state index is 0.0568. The molecule has 1 N–H and O–H groups in total. The Bertz CT molecular complexity index is 402. The molecule has 2 rings (SSSR count). The van der Waals surface area contributed by atoms with Crippen LogP contribution in [0.3, 0.4) is 0 Å². The van der Waals surface area contributed by atoms with E-state index in [-0.39, 0.29) is 30.2 Å². The van der Waals surface area contributed by atoms with E-state index in [4.69, 9.17) is 9.47 Å². The molecule has 118 valence electrons. The zero-order chi connectivity index (χ0) is 15.2. The van der Waals surface area contributed by atoms with Crippen molar-refractivity contribution in [1.82, 2.24) is 0 Å². The Labute approximate surface area is 126 Å². The van der Waals surface area contributed by atoms with E-state index < -0.39 is 0 Å². The Morgan fingerprint density at radius 1 is 1.33 bits per heavy atom. The topological polar surface area (TPSA) is 55.8 Å². The van der Waals surface area contributed by atoms with Gasteiger partial charge in [0.15, 0.2) is 0 Å². The first kappa shape index (κ1) is 16.2. The standard InChI is InChI=1S/C17H26O4/c1-12-6-4-3-5-7-13-10-14(18)11-15(13)16(20-2)8-9-17(19)21-12/h5,7-9,12-16,18H,3-4,6,10-11H2,1-2H3/b7-5-,9-8+/t12-,13+,14-,15+,16+/m0/s1. The van der Waals surface area contributed by atoms with Crippen molar-refractivity contribution in [1.29, 1.82) is 0 Å². The number of hydrogen-bond acceptors (Lipinski definition) is 4. The van der Waals surface area contributed by atoms with E-state index >= 15 is 0 Å². The van der Waals surface area contributed by atoms with Gasteiger partial charge in [0.1, 0.15) is 0 Å². The Balaban J connectivity index is 2.16. The first-order chi connectivity index (χ1) is 10.1. The molecule has 0 aromatic carbocycles. The molecule has 1 aliphatic carbocycles. The third kappa shape index (κ3) is 4.68. The summed E-state index contributed by atoms with van der Waals surface area (Å²) in [6.45, 7) is 1.92. The van der Waals surface area contributed by atoms with Gasteiger partial charge in [-0.3, -0.25) is 0 Å². The second kappa shape index (κ2) is 7.76. The van der Waals surface area contributed by atoms with E-state index in [1.165, 1.54) is 6.08 Å². The minimum Gasteiger partial charge on any atom is -0.460 e. The smallest absolute Gasteiger partial charge is 0.330 e. The lowest BCUT2D eigenvalue weighted by Crippen LogP contribution is -2.24. The number of methoxy groups -OCH3 is 1. The molecule has 4 heteroatoms. The second-order valence-corrected chi connectivity index (χ2v) is 6.12. The summed E-state index contributed by atoms with van der Waals surface area (Å²) in [6.07, 6.45) is 11.5. The van der Waals surface area contributed by atoms with Crippen LogP contribution in [0.2, 0.25) is 0 Å². The third-order valence-corrected chi connectivity index (χ3v) is 4.44. The Kier molecular flexibility index (Phi) is 6.00. The van der Waals surface area contributed by atoms with Crippen LogP contribution in [0.5, 0.6) is 0 Å². The van der Waals surface area contributed by atoms with Gasteiger partial charge in [-0.05, 0) is 56.9 Å². The van der Waals surface area contributed by atoms with E-state index in [0.29, 0.717) is 12.3 Å². The van der Waals surface area contributed by atoms with Gasteiger partial charge in [-0.2, -0.15) is 0 Å². The number of carbonyl (C=O) groups excluding carboxylic acids is 1. The van der Waals surface area contributed by atoms with Gasteiger partial charge in [0, 0.05) is 13.2 Å². The van der Waals surface area contributed by atoms with Crippen molar-refractivity contribution < 1.29 is 19.4 Å². The number of carbonyl (C=O) groups is 1. The van der Waals surface area contributed by atoms with Gasteiger partial charge in [-0.25, -0.2) is 4.79 Å². The van der Waals surface area contributed by atoms with Gasteiger partial charge in [-0.1, -0.05) is 12.2 Å². The molecule has 0 unspecified atom stereocenters. The van der Waals surface area contributed by atoms with E-state index in [9.17, 15) is 9.90 Å². The highest BCUT2D eigenvalue weighted by atomic mass is 16.5. The van der Waals surface area contributed by atoms with Crippen molar-refractivity contribution in [2.24, 2.45) is 11.8 Å². The fourth-order valence-electron chi connectivity index (χ4n) is 3.33. The number of hydrogen-bond donors (Lipinski definition) is 1. The van der Waals surface area contributed by atoms with Gasteiger partial charge in [0.05, 0.1) is 18.3 Å². The molecule has 4 nitrogen and oxygen atoms in total. The molecule has 1 heterocycles. The van der Waals surface area contributed by atoms with Gasteiger partial charge >= 0.3 is 5.97 Å². The average Bonchev–Trinajstić information content (AvgIpc) is 2.79. The van der Waals surface area contributed by atoms with Crippen molar-refractivity contribution in [3.05, 3.63) is 24.3 Å². The summed E-state index contributed by atoms with van der Waals surface area (Å²) in [5.41, 5.74) is 0. The molecule has 0 saturated heterocycles. The van der Waals surface area contributed by atoms with Crippen molar-refractivity contribution >= 4 is 5.97 Å². The predicted molar refractivity (Wildman–Crippen MR) is 80.7 cm³/mol. The van der Waals surface area contributed by atoms with Crippen LogP contribution < -0.4 is 0 Å². The molecule has 0 amide bonds. The minimum atomic E-state index is -0.313. The highest BCUT2D eigenvalue weighted by molar-refractivity contribution is 5.82. The molecule has 0 spiro atoms. The van der Waals surface area contributed by atoms with Crippen molar-refractivity contribution in [2.45, 2.75) is 57.3 Å². The maximum absolute atomic E-state index is 11.8. The van der Waals surface area contributed by atoms with Gasteiger partial charge in [0.25, 0.3) is 0 Å². The summed E-state index contributed by atoms with van der Waals surface area (Å²) in [7, 11) is 1.65. The summed E-state index contributed by atoms with van der Waals surface area (Å²) in [6, 6.07) is 0. The zero-order valence-corrected chi connectivity index (χ0v) is 12.9. The molecule has 1 aliphatic heterocycles. The normalized spacial score (nSPS) is 41.1. The number of cyclic esters (lactones) is 1. The number of aliphatic hydroxyl groups excluding tert-OH is 1. The maximum atomic E-state index is 11.8. The van der Waals surface area contributed by atoms with Gasteiger partial charge in [0.2, 0.25) is 0 Å². The first-order valence-corrected chi connectivity index (χ1v) is 7.86. The van der Waals surface area contributed by atoms with Crippen LogP contribution >= 0.6 is 0 Å². The summed E-state index contributed by atoms with van der Waals surface area (Å²) < 4.78 is 10.9. The fourth-order valence-corrected chi connectivity index (χ4v) is 3.33. The summed E-state index contributed by atoms with van der Waals surface area (Å²) in [5, 5.41) is 9.94. The summed E-state index contributed by atoms with van der Waals surface area (Å²) in [5.74, 6) is 0.208. The summed E-state index contributed by atoms with van der Waals surface area (Å²) in [4.78, 5) is 11.8. The number of rotatable bonds is 1. The molecule has 1 fully saturated rings. The number of aliphatic hydroxyl groups is 1. The highest BCUT2D eigenvalue weighted by Crippen LogP contribution is 2.37. The second-order valence-electron chi connectivity index (χ2n) is 6.12. The lowest BCUT2D eigenvalue weighted by molar-refractivity contribution is -0.142. The van der Waals surface area contributed by atoms with E-state index in [1.54, 1.807) is 13.2 Å².